The molecule has 2 heterocycles. The van der Waals surface area contributed by atoms with Crippen LogP contribution in [0.2, 0.25) is 0 Å². The maximum absolute atomic E-state index is 5.81. The van der Waals surface area contributed by atoms with Crippen LogP contribution in [0.1, 0.15) is 30.5 Å². The van der Waals surface area contributed by atoms with E-state index in [1.54, 1.807) is 18.4 Å². The molecule has 2 N–H and O–H groups in total. The number of hydrogen-bond acceptors (Lipinski definition) is 5. The Morgan fingerprint density at radius 2 is 1.97 bits per heavy atom. The predicted octanol–water partition coefficient (Wildman–Crippen LogP) is 3.66. The third kappa shape index (κ3) is 7.70. The molecule has 0 amide bonds. The molecule has 164 valence electrons. The number of nitrogens with zero attached hydrogens (tertiary/aromatic N) is 2. The molecule has 3 rings (SSSR count). The summed E-state index contributed by atoms with van der Waals surface area (Å²) in [6.45, 7) is 7.15. The van der Waals surface area contributed by atoms with Gasteiger partial charge in [0.1, 0.15) is 5.01 Å². The maximum atomic E-state index is 5.81. The number of thiazole rings is 1. The van der Waals surface area contributed by atoms with Crippen molar-refractivity contribution in [3.05, 3.63) is 40.9 Å². The minimum atomic E-state index is 0.665. The van der Waals surface area contributed by atoms with E-state index in [1.807, 2.05) is 0 Å². The lowest BCUT2D eigenvalue weighted by Gasteiger charge is -2.21. The van der Waals surface area contributed by atoms with Crippen molar-refractivity contribution in [1.82, 2.24) is 15.6 Å². The van der Waals surface area contributed by atoms with E-state index in [1.165, 1.54) is 11.1 Å². The second-order valence-electron chi connectivity index (χ2n) is 7.67. The first-order valence-corrected chi connectivity index (χ1v) is 11.7. The average molecular weight is 431 g/mol. The summed E-state index contributed by atoms with van der Waals surface area (Å²) in [6, 6.07) is 8.53. The van der Waals surface area contributed by atoms with E-state index < -0.39 is 0 Å². The van der Waals surface area contributed by atoms with Gasteiger partial charge in [-0.25, -0.2) is 4.98 Å². The van der Waals surface area contributed by atoms with E-state index in [-0.39, 0.29) is 0 Å². The molecule has 0 spiro atoms. The number of aryl methyl sites for hydroxylation is 1. The molecule has 1 saturated heterocycles. The third-order valence-electron chi connectivity index (χ3n) is 5.20. The number of hydrogen-bond donors (Lipinski definition) is 2. The van der Waals surface area contributed by atoms with Gasteiger partial charge in [0.15, 0.2) is 5.96 Å². The molecule has 1 aliphatic heterocycles. The standard InChI is InChI=1S/C23H34N4O2S/c1-18-4-6-20(7-5-18)22-27-21(17-30-22)8-12-26-23(24-2)25-11-3-13-29-16-19-9-14-28-15-10-19/h4-7,17,19H,3,8-16H2,1-2H3,(H2,24,25,26). The third-order valence-corrected chi connectivity index (χ3v) is 6.14. The Morgan fingerprint density at radius 1 is 1.20 bits per heavy atom. The van der Waals surface area contributed by atoms with Crippen LogP contribution < -0.4 is 10.6 Å². The Hall–Kier alpha value is -1.96. The smallest absolute Gasteiger partial charge is 0.190 e. The van der Waals surface area contributed by atoms with Gasteiger partial charge in [0.05, 0.1) is 5.69 Å². The summed E-state index contributed by atoms with van der Waals surface area (Å²) in [5.41, 5.74) is 3.56. The summed E-state index contributed by atoms with van der Waals surface area (Å²) in [5, 5.41) is 9.94. The molecule has 1 aromatic carbocycles. The Morgan fingerprint density at radius 3 is 2.73 bits per heavy atom. The summed E-state index contributed by atoms with van der Waals surface area (Å²) in [7, 11) is 1.80. The molecule has 1 fully saturated rings. The molecule has 1 aromatic heterocycles. The minimum absolute atomic E-state index is 0.665. The number of ether oxygens (including phenoxy) is 2. The fourth-order valence-electron chi connectivity index (χ4n) is 3.32. The highest BCUT2D eigenvalue weighted by Gasteiger charge is 2.13. The summed E-state index contributed by atoms with van der Waals surface area (Å²) >= 11 is 1.70. The van der Waals surface area contributed by atoms with Gasteiger partial charge in [-0.2, -0.15) is 0 Å². The van der Waals surface area contributed by atoms with E-state index >= 15 is 0 Å². The van der Waals surface area contributed by atoms with Crippen LogP contribution in [-0.4, -0.2) is 57.5 Å². The van der Waals surface area contributed by atoms with Gasteiger partial charge in [0, 0.05) is 63.9 Å². The van der Waals surface area contributed by atoms with Crippen LogP contribution in [0.5, 0.6) is 0 Å². The highest BCUT2D eigenvalue weighted by atomic mass is 32.1. The molecule has 6 nitrogen and oxygen atoms in total. The van der Waals surface area contributed by atoms with Crippen LogP contribution >= 0.6 is 11.3 Å². The number of rotatable bonds is 10. The Labute approximate surface area is 184 Å². The van der Waals surface area contributed by atoms with Crippen LogP contribution in [0.25, 0.3) is 10.6 Å². The zero-order valence-electron chi connectivity index (χ0n) is 18.2. The second-order valence-corrected chi connectivity index (χ2v) is 8.53. The van der Waals surface area contributed by atoms with Gasteiger partial charge < -0.3 is 20.1 Å². The van der Waals surface area contributed by atoms with Gasteiger partial charge >= 0.3 is 0 Å². The van der Waals surface area contributed by atoms with Gasteiger partial charge in [-0.3, -0.25) is 4.99 Å². The molecule has 0 radical (unpaired) electrons. The van der Waals surface area contributed by atoms with E-state index in [4.69, 9.17) is 14.5 Å². The normalized spacial score (nSPS) is 15.3. The number of aliphatic imine (C=N–C) groups is 1. The van der Waals surface area contributed by atoms with E-state index in [0.29, 0.717) is 5.92 Å². The lowest BCUT2D eigenvalue weighted by molar-refractivity contribution is 0.0203. The molecular formula is C23H34N4O2S. The maximum Gasteiger partial charge on any atom is 0.190 e. The Balaban J connectivity index is 1.28. The molecule has 0 unspecified atom stereocenters. The summed E-state index contributed by atoms with van der Waals surface area (Å²) in [4.78, 5) is 9.05. The van der Waals surface area contributed by atoms with Gasteiger partial charge in [-0.1, -0.05) is 29.8 Å². The highest BCUT2D eigenvalue weighted by Crippen LogP contribution is 2.24. The molecule has 7 heteroatoms. The highest BCUT2D eigenvalue weighted by molar-refractivity contribution is 7.13. The zero-order valence-corrected chi connectivity index (χ0v) is 19.0. The van der Waals surface area contributed by atoms with Crippen molar-refractivity contribution in [2.24, 2.45) is 10.9 Å². The number of nitrogens with one attached hydrogen (secondary N) is 2. The monoisotopic (exact) mass is 430 g/mol. The lowest BCUT2D eigenvalue weighted by atomic mass is 10.0. The second kappa shape index (κ2) is 12.7. The first kappa shape index (κ1) is 22.7. The summed E-state index contributed by atoms with van der Waals surface area (Å²) in [5.74, 6) is 1.49. The molecule has 0 atom stereocenters. The molecule has 1 aliphatic rings. The molecule has 0 bridgehead atoms. The minimum Gasteiger partial charge on any atom is -0.381 e. The van der Waals surface area contributed by atoms with Gasteiger partial charge in [-0.15, -0.1) is 11.3 Å². The quantitative estimate of drug-likeness (QED) is 0.342. The van der Waals surface area contributed by atoms with Crippen molar-refractivity contribution in [3.8, 4) is 10.6 Å². The fraction of sp³-hybridized carbons (Fsp3) is 0.565. The Bertz CT molecular complexity index is 770. The number of benzene rings is 1. The fourth-order valence-corrected chi connectivity index (χ4v) is 4.18. The van der Waals surface area contributed by atoms with Crippen molar-refractivity contribution in [2.45, 2.75) is 32.6 Å². The van der Waals surface area contributed by atoms with Crippen LogP contribution in [0, 0.1) is 12.8 Å². The van der Waals surface area contributed by atoms with Crippen molar-refractivity contribution in [1.29, 1.82) is 0 Å². The van der Waals surface area contributed by atoms with Crippen LogP contribution in [0.15, 0.2) is 34.6 Å². The molecular weight excluding hydrogens is 396 g/mol. The van der Waals surface area contributed by atoms with E-state index in [2.05, 4.69) is 52.2 Å². The van der Waals surface area contributed by atoms with E-state index in [0.717, 1.165) is 81.9 Å². The van der Waals surface area contributed by atoms with Crippen molar-refractivity contribution < 1.29 is 9.47 Å². The molecule has 0 saturated carbocycles. The molecule has 2 aromatic rings. The molecule has 30 heavy (non-hydrogen) atoms. The predicted molar refractivity (Wildman–Crippen MR) is 124 cm³/mol. The van der Waals surface area contributed by atoms with Gasteiger partial charge in [-0.05, 0) is 32.1 Å². The molecule has 0 aliphatic carbocycles. The first-order chi connectivity index (χ1) is 14.7. The zero-order chi connectivity index (χ0) is 21.0. The lowest BCUT2D eigenvalue weighted by Crippen LogP contribution is -2.39. The topological polar surface area (TPSA) is 67.8 Å². The van der Waals surface area contributed by atoms with Crippen LogP contribution in [0.3, 0.4) is 0 Å². The first-order valence-electron chi connectivity index (χ1n) is 10.9. The van der Waals surface area contributed by atoms with Crippen LogP contribution in [-0.2, 0) is 15.9 Å². The van der Waals surface area contributed by atoms with Crippen molar-refractivity contribution in [2.75, 3.05) is 46.6 Å². The van der Waals surface area contributed by atoms with E-state index in [9.17, 15) is 0 Å². The SMILES string of the molecule is CN=C(NCCCOCC1CCOCC1)NCCc1csc(-c2ccc(C)cc2)n1. The average Bonchev–Trinajstić information content (AvgIpc) is 3.25. The summed E-state index contributed by atoms with van der Waals surface area (Å²) < 4.78 is 11.2. The Kier molecular flexibility index (Phi) is 9.60. The van der Waals surface area contributed by atoms with Gasteiger partial charge in [0.2, 0.25) is 0 Å². The van der Waals surface area contributed by atoms with Crippen molar-refractivity contribution in [3.63, 3.8) is 0 Å². The largest absolute Gasteiger partial charge is 0.381 e. The summed E-state index contributed by atoms with van der Waals surface area (Å²) in [6.07, 6.45) is 4.09. The van der Waals surface area contributed by atoms with Crippen molar-refractivity contribution >= 4 is 17.3 Å². The van der Waals surface area contributed by atoms with Gasteiger partial charge in [0.25, 0.3) is 0 Å². The van der Waals surface area contributed by atoms with Crippen LogP contribution in [0.4, 0.5) is 0 Å². The number of guanidine groups is 1. The number of aromatic nitrogens is 1.